The van der Waals surface area contributed by atoms with Crippen LogP contribution in [0.15, 0.2) is 23.8 Å². The summed E-state index contributed by atoms with van der Waals surface area (Å²) in [5, 5.41) is 22.2. The summed E-state index contributed by atoms with van der Waals surface area (Å²) in [6.45, 7) is 3.99. The zero-order valence-electron chi connectivity index (χ0n) is 10.4. The van der Waals surface area contributed by atoms with Gasteiger partial charge < -0.3 is 10.4 Å². The zero-order valence-corrected chi connectivity index (χ0v) is 10.4. The van der Waals surface area contributed by atoms with Crippen LogP contribution >= 0.6 is 0 Å². The Kier molecular flexibility index (Phi) is 4.57. The summed E-state index contributed by atoms with van der Waals surface area (Å²) < 4.78 is 13.5. The van der Waals surface area contributed by atoms with Gasteiger partial charge in [0.05, 0.1) is 4.92 Å². The number of rotatable bonds is 5. The van der Waals surface area contributed by atoms with Gasteiger partial charge in [-0.15, -0.1) is 0 Å². The van der Waals surface area contributed by atoms with Gasteiger partial charge >= 0.3 is 5.97 Å². The molecule has 1 rings (SSSR count). The Labute approximate surface area is 108 Å². The number of carboxylic acids is 1. The number of hydrogen-bond donors (Lipinski definition) is 2. The third-order valence-corrected chi connectivity index (χ3v) is 2.32. The zero-order chi connectivity index (χ0) is 14.6. The van der Waals surface area contributed by atoms with Gasteiger partial charge in [0, 0.05) is 18.7 Å². The molecule has 19 heavy (non-hydrogen) atoms. The lowest BCUT2D eigenvalue weighted by Crippen LogP contribution is -2.07. The van der Waals surface area contributed by atoms with Gasteiger partial charge in [-0.25, -0.2) is 9.18 Å². The highest BCUT2D eigenvalue weighted by Crippen LogP contribution is 2.27. The van der Waals surface area contributed by atoms with Crippen molar-refractivity contribution in [3.05, 3.63) is 45.3 Å². The van der Waals surface area contributed by atoms with Crippen LogP contribution in [0.2, 0.25) is 0 Å². The van der Waals surface area contributed by atoms with Crippen molar-refractivity contribution in [3.63, 3.8) is 0 Å². The van der Waals surface area contributed by atoms with Crippen molar-refractivity contribution in [2.24, 2.45) is 0 Å². The molecular weight excluding hydrogens is 255 g/mol. The fourth-order valence-electron chi connectivity index (χ4n) is 1.38. The summed E-state index contributed by atoms with van der Waals surface area (Å²) in [6.07, 6.45) is 1.77. The molecule has 0 heterocycles. The minimum atomic E-state index is -1.54. The molecule has 0 unspecified atom stereocenters. The number of nitro groups is 1. The fraction of sp³-hybridized carbons (Fsp3) is 0.250. The van der Waals surface area contributed by atoms with E-state index in [1.54, 1.807) is 6.08 Å². The molecule has 0 atom stereocenters. The number of aromatic carboxylic acids is 1. The summed E-state index contributed by atoms with van der Waals surface area (Å²) >= 11 is 0. The topological polar surface area (TPSA) is 92.5 Å². The number of halogens is 1. The van der Waals surface area contributed by atoms with Crippen molar-refractivity contribution < 1.29 is 19.2 Å². The molecule has 1 aromatic carbocycles. The molecule has 0 aromatic heterocycles. The maximum absolute atomic E-state index is 13.5. The van der Waals surface area contributed by atoms with Gasteiger partial charge in [-0.3, -0.25) is 10.1 Å². The molecule has 0 aliphatic carbocycles. The smallest absolute Gasteiger partial charge is 0.338 e. The van der Waals surface area contributed by atoms with Crippen LogP contribution in [0.4, 0.5) is 15.8 Å². The number of benzene rings is 1. The van der Waals surface area contributed by atoms with Crippen LogP contribution < -0.4 is 5.32 Å². The average molecular weight is 268 g/mol. The number of anilines is 1. The van der Waals surface area contributed by atoms with Crippen LogP contribution in [0.5, 0.6) is 0 Å². The van der Waals surface area contributed by atoms with Crippen molar-refractivity contribution in [1.82, 2.24) is 0 Å². The van der Waals surface area contributed by atoms with Gasteiger partial charge in [-0.2, -0.15) is 0 Å². The molecule has 0 radical (unpaired) electrons. The van der Waals surface area contributed by atoms with Crippen molar-refractivity contribution in [3.8, 4) is 0 Å². The minimum Gasteiger partial charge on any atom is -0.478 e. The van der Waals surface area contributed by atoms with Crippen molar-refractivity contribution >= 4 is 17.3 Å². The Hall–Kier alpha value is -2.44. The van der Waals surface area contributed by atoms with Crippen LogP contribution in [0.25, 0.3) is 0 Å². The van der Waals surface area contributed by atoms with Gasteiger partial charge in [0.1, 0.15) is 17.1 Å². The van der Waals surface area contributed by atoms with E-state index in [1.165, 1.54) is 0 Å². The average Bonchev–Trinajstić information content (AvgIpc) is 2.27. The molecule has 0 spiro atoms. The number of carbonyl (C=O) groups is 1. The Balaban J connectivity index is 3.16. The van der Waals surface area contributed by atoms with Crippen molar-refractivity contribution in [2.45, 2.75) is 13.8 Å². The third-order valence-electron chi connectivity index (χ3n) is 2.32. The highest BCUT2D eigenvalue weighted by molar-refractivity contribution is 5.90. The third kappa shape index (κ3) is 3.77. The van der Waals surface area contributed by atoms with Crippen LogP contribution in [-0.4, -0.2) is 22.5 Å². The Morgan fingerprint density at radius 2 is 2.16 bits per heavy atom. The second kappa shape index (κ2) is 5.94. The lowest BCUT2D eigenvalue weighted by molar-refractivity contribution is -0.384. The molecule has 6 nitrogen and oxygen atoms in total. The maximum atomic E-state index is 13.5. The predicted molar refractivity (Wildman–Crippen MR) is 67.9 cm³/mol. The SMILES string of the molecule is CC(C)=CCNc1cc(F)c(C(=O)O)cc1[N+](=O)[O-]. The number of nitrogens with zero attached hydrogens (tertiary/aromatic N) is 1. The fourth-order valence-corrected chi connectivity index (χ4v) is 1.38. The number of carboxylic acid groups (broad SMARTS) is 1. The first-order valence-electron chi connectivity index (χ1n) is 5.41. The summed E-state index contributed by atoms with van der Waals surface area (Å²) in [4.78, 5) is 20.8. The maximum Gasteiger partial charge on any atom is 0.338 e. The molecule has 1 aromatic rings. The quantitative estimate of drug-likeness (QED) is 0.486. The minimum absolute atomic E-state index is 0.0509. The highest BCUT2D eigenvalue weighted by atomic mass is 19.1. The van der Waals surface area contributed by atoms with E-state index in [0.717, 1.165) is 11.6 Å². The van der Waals surface area contributed by atoms with E-state index in [-0.39, 0.29) is 12.2 Å². The molecule has 0 amide bonds. The molecular formula is C12H13FN2O4. The molecule has 2 N–H and O–H groups in total. The molecule has 7 heteroatoms. The van der Waals surface area contributed by atoms with Crippen molar-refractivity contribution in [2.75, 3.05) is 11.9 Å². The van der Waals surface area contributed by atoms with E-state index in [1.807, 2.05) is 13.8 Å². The Morgan fingerprint density at radius 1 is 1.53 bits per heavy atom. The number of nitrogens with one attached hydrogen (secondary N) is 1. The first kappa shape index (κ1) is 14.6. The van der Waals surface area contributed by atoms with Gasteiger partial charge in [0.2, 0.25) is 0 Å². The van der Waals surface area contributed by atoms with Crippen LogP contribution in [0.1, 0.15) is 24.2 Å². The largest absolute Gasteiger partial charge is 0.478 e. The summed E-state index contributed by atoms with van der Waals surface area (Å²) in [5.74, 6) is -2.56. The summed E-state index contributed by atoms with van der Waals surface area (Å²) in [7, 11) is 0. The van der Waals surface area contributed by atoms with Crippen molar-refractivity contribution in [1.29, 1.82) is 0 Å². The molecule has 0 saturated carbocycles. The highest BCUT2D eigenvalue weighted by Gasteiger charge is 2.21. The Bertz CT molecular complexity index is 551. The van der Waals surface area contributed by atoms with E-state index in [2.05, 4.69) is 5.32 Å². The summed E-state index contributed by atoms with van der Waals surface area (Å²) in [6, 6.07) is 1.53. The number of nitro benzene ring substituents is 1. The first-order chi connectivity index (χ1) is 8.82. The molecule has 0 saturated heterocycles. The number of hydrogen-bond acceptors (Lipinski definition) is 4. The second-order valence-electron chi connectivity index (χ2n) is 4.07. The standard InChI is InChI=1S/C12H13FN2O4/c1-7(2)3-4-14-10-6-9(13)8(12(16)17)5-11(10)15(18)19/h3,5-6,14H,4H2,1-2H3,(H,16,17). The van der Waals surface area contributed by atoms with Crippen LogP contribution in [-0.2, 0) is 0 Å². The van der Waals surface area contributed by atoms with E-state index >= 15 is 0 Å². The normalized spacial score (nSPS) is 9.84. The molecule has 102 valence electrons. The summed E-state index contributed by atoms with van der Waals surface area (Å²) in [5.41, 5.74) is -0.247. The molecule has 0 aliphatic heterocycles. The monoisotopic (exact) mass is 268 g/mol. The molecule has 0 fully saturated rings. The molecule has 0 aliphatic rings. The van der Waals surface area contributed by atoms with Gasteiger partial charge in [0.15, 0.2) is 0 Å². The molecule has 0 bridgehead atoms. The second-order valence-corrected chi connectivity index (χ2v) is 4.07. The van der Waals surface area contributed by atoms with Gasteiger partial charge in [0.25, 0.3) is 5.69 Å². The van der Waals surface area contributed by atoms with Crippen LogP contribution in [0.3, 0.4) is 0 Å². The van der Waals surface area contributed by atoms with E-state index in [0.29, 0.717) is 6.07 Å². The number of allylic oxidation sites excluding steroid dienone is 1. The van der Waals surface area contributed by atoms with E-state index < -0.39 is 28.0 Å². The van der Waals surface area contributed by atoms with Gasteiger partial charge in [-0.1, -0.05) is 11.6 Å². The van der Waals surface area contributed by atoms with E-state index in [4.69, 9.17) is 5.11 Å². The predicted octanol–water partition coefficient (Wildman–Crippen LogP) is 2.81. The van der Waals surface area contributed by atoms with E-state index in [9.17, 15) is 19.3 Å². The van der Waals surface area contributed by atoms with Gasteiger partial charge in [-0.05, 0) is 13.8 Å². The first-order valence-corrected chi connectivity index (χ1v) is 5.41. The Morgan fingerprint density at radius 3 is 2.63 bits per heavy atom. The van der Waals surface area contributed by atoms with Crippen LogP contribution in [0, 0.1) is 15.9 Å². The lowest BCUT2D eigenvalue weighted by Gasteiger charge is -2.07. The lowest BCUT2D eigenvalue weighted by atomic mass is 10.1.